The monoisotopic (exact) mass is 1940 g/mol. The molecule has 728 valence electrons. The van der Waals surface area contributed by atoms with Crippen LogP contribution in [0.4, 0.5) is 21.7 Å². The molecule has 1 fully saturated rings. The van der Waals surface area contributed by atoms with Crippen molar-refractivity contribution in [3.63, 3.8) is 0 Å². The molecule has 1 aromatic heterocycles. The van der Waals surface area contributed by atoms with Gasteiger partial charge in [-0.15, -0.1) is 0 Å². The van der Waals surface area contributed by atoms with E-state index in [4.69, 9.17) is 22.0 Å². The van der Waals surface area contributed by atoms with Gasteiger partial charge in [-0.3, -0.25) is 13.2 Å². The Morgan fingerprint density at radius 2 is 0.836 bits per heavy atom. The Balaban J connectivity index is 0.000000385. The van der Waals surface area contributed by atoms with Crippen molar-refractivity contribution in [1.29, 1.82) is 5.26 Å². The minimum absolute atomic E-state index is 0.0652. The minimum atomic E-state index is -3.63. The number of nitrogens with one attached hydrogen (secondary N) is 2. The van der Waals surface area contributed by atoms with Crippen molar-refractivity contribution >= 4 is 101 Å². The molecule has 15 nitrogen and oxygen atoms in total. The number of carbonyl (C=O) groups excluding carboxylic acids is 1. The zero-order valence-electron chi connectivity index (χ0n) is 84.4. The number of hydrogen-bond donors (Lipinski definition) is 3. The number of piperidine rings is 1. The zero-order chi connectivity index (χ0) is 101. The second-order valence-electron chi connectivity index (χ2n) is 37.4. The summed E-state index contributed by atoms with van der Waals surface area (Å²) >= 11 is 5.85. The number of aryl methyl sites for hydroxylation is 2. The molecule has 0 spiro atoms. The normalized spacial score (nSPS) is 13.0. The number of nitriles is 1. The smallest absolute Gasteiger partial charge is 0.264 e. The summed E-state index contributed by atoms with van der Waals surface area (Å²) in [6.45, 7) is 50.8. The van der Waals surface area contributed by atoms with E-state index >= 15 is 0 Å². The summed E-state index contributed by atoms with van der Waals surface area (Å²) in [4.78, 5) is 22.3. The second kappa shape index (κ2) is 57.8. The van der Waals surface area contributed by atoms with E-state index < -0.39 is 48.8 Å². The first-order valence-electron chi connectivity index (χ1n) is 45.9. The lowest BCUT2D eigenvalue weighted by molar-refractivity contribution is 0.101. The van der Waals surface area contributed by atoms with Crippen molar-refractivity contribution in [3.8, 4) is 6.07 Å². The number of ketones is 1. The first kappa shape index (κ1) is 118. The Morgan fingerprint density at radius 1 is 0.455 bits per heavy atom. The van der Waals surface area contributed by atoms with Gasteiger partial charge in [-0.1, -0.05) is 307 Å². The summed E-state index contributed by atoms with van der Waals surface area (Å²) in [7, 11) is -13.3. The number of sulfonamides is 2. The maximum Gasteiger partial charge on any atom is 0.264 e. The summed E-state index contributed by atoms with van der Waals surface area (Å²) in [6, 6.07) is 77.6. The van der Waals surface area contributed by atoms with Crippen molar-refractivity contribution in [1.82, 2.24) is 9.97 Å². The largest absolute Gasteiger partial charge is 0.372 e. The highest BCUT2D eigenvalue weighted by Gasteiger charge is 2.18. The van der Waals surface area contributed by atoms with Crippen LogP contribution in [0.25, 0.3) is 0 Å². The van der Waals surface area contributed by atoms with E-state index in [9.17, 15) is 38.6 Å². The molecule has 3 atom stereocenters. The lowest BCUT2D eigenvalue weighted by atomic mass is 10.0. The summed E-state index contributed by atoms with van der Waals surface area (Å²) in [5, 5.41) is 14.1. The Hall–Kier alpha value is -10.0. The van der Waals surface area contributed by atoms with Gasteiger partial charge in [0.1, 0.15) is 11.9 Å². The first-order valence-corrected chi connectivity index (χ1v) is 55.9. The van der Waals surface area contributed by atoms with Crippen LogP contribution in [0.5, 0.6) is 0 Å². The van der Waals surface area contributed by atoms with Gasteiger partial charge in [0.15, 0.2) is 5.78 Å². The third-order valence-electron chi connectivity index (χ3n) is 21.2. The number of anilines is 3. The number of nitrogens with zero attached hydrogens (tertiary/aromatic N) is 4. The summed E-state index contributed by atoms with van der Waals surface area (Å²) < 4.78 is 98.4. The van der Waals surface area contributed by atoms with E-state index in [0.29, 0.717) is 75.5 Å². The van der Waals surface area contributed by atoms with E-state index in [0.717, 1.165) is 44.8 Å². The van der Waals surface area contributed by atoms with Crippen molar-refractivity contribution in [2.24, 2.45) is 11.1 Å². The molecule has 0 aliphatic carbocycles. The molecule has 22 heteroatoms. The SMILES string of the molecule is C=S(C)(=O)Cc1ccc(C(C)C)cc1.C=S(C)(=O)Nc1cccc(C(C)C)c1.C=S(C)(=O)c1ccc(CC(C)C)cc1.CC(=O)c1ccc(C(C)C)cc1.CC(C)c1ccc(C#N)c(Cl)c1.CC(C)c1ccc(N2CCCCC2)cc1.CC(C)c1ccc(S(=O)(=O)Nc2ncccn2)cc1.CC(C)c1ccc(S(N)(=O)=O)cc1.Cc1cc(C(C)C)ccc1F.Cc1cccc(C(C)C)c1. The minimum Gasteiger partial charge on any atom is -0.372 e. The second-order valence-corrected chi connectivity index (χ2v) is 48.4. The lowest BCUT2D eigenvalue weighted by Gasteiger charge is -2.29. The fourth-order valence-electron chi connectivity index (χ4n) is 12.9. The summed E-state index contributed by atoms with van der Waals surface area (Å²) in [5.74, 6) is 16.7. The average Bonchev–Trinajstić information content (AvgIpc) is 0.821. The highest BCUT2D eigenvalue weighted by Crippen LogP contribution is 2.28. The highest BCUT2D eigenvalue weighted by molar-refractivity contribution is 8.01. The van der Waals surface area contributed by atoms with Crippen LogP contribution < -0.4 is 19.5 Å². The van der Waals surface area contributed by atoms with Gasteiger partial charge < -0.3 is 9.62 Å². The molecule has 4 N–H and O–H groups in total. The fourth-order valence-corrected chi connectivity index (χ4v) is 16.9. The van der Waals surface area contributed by atoms with E-state index in [2.05, 4.69) is 240 Å². The standard InChI is InChI=1S/C14H21N.C13H15N3O2S.2C12H18OS.C11H17NOS.C11H14O.C10H10ClN.C10H13F.C10H14.C9H13NO2S/c1-12(2)13-6-8-14(9-7-13)15-10-4-3-5-11-15;1-10(2)11-4-6-12(7-5-11)19(17,18)16-13-14-8-3-9-15-13;1-10(2)12-7-5-11(6-8-12)9-14(3,4)13;1-10(2)9-11-5-7-12(8-6-11)14(3,4)13;1-9(2)10-6-5-7-11(8-10)12-14(3,4)13;1-8(2)10-4-6-11(7-5-10)9(3)12;1-7(2)8-3-4-9(6-12)10(11)5-8;1-7(2)9-4-5-10(11)8(3)6-9;1-8(2)10-6-4-5-9(3)7-10;1-7(2)8-3-5-9(6-4-8)13(10,11)12/h6-9,12H,3-5,10-11H2,1-2H3;3-10H,1-2H3,(H,14,15,16);2*5-8,10H,3,9H2,1-2,4H3;5-9H,3H2,1-2,4H3,(H,12,13);4-8H,1-3H3;3-5,7H,1-2H3;4-7H,1-3H3;4-8H,1-3H3;3-7H,1-2H3,(H2,10,11,12). The van der Waals surface area contributed by atoms with Crippen LogP contribution in [0.2, 0.25) is 5.02 Å². The van der Waals surface area contributed by atoms with E-state index in [-0.39, 0.29) is 27.3 Å². The van der Waals surface area contributed by atoms with E-state index in [1.807, 2.05) is 135 Å². The van der Waals surface area contributed by atoms with Crippen molar-refractivity contribution in [3.05, 3.63) is 343 Å². The van der Waals surface area contributed by atoms with E-state index in [1.165, 1.54) is 119 Å². The van der Waals surface area contributed by atoms with Gasteiger partial charge in [0.05, 0.1) is 20.4 Å². The maximum atomic E-state index is 12.8. The van der Waals surface area contributed by atoms with Gasteiger partial charge in [0.2, 0.25) is 16.0 Å². The molecule has 11 aromatic rings. The molecule has 1 aliphatic rings. The number of Topliss-reactive ketones (excluding diaryl/α,β-unsaturated/α-hetero) is 1. The molecule has 2 heterocycles. The number of aromatic nitrogens is 2. The molecule has 1 aliphatic heterocycles. The number of nitrogens with two attached hydrogens (primary N) is 1. The van der Waals surface area contributed by atoms with Crippen molar-refractivity contribution < 1.29 is 38.6 Å². The van der Waals surface area contributed by atoms with Crippen LogP contribution in [0, 0.1) is 36.9 Å². The zero-order valence-corrected chi connectivity index (χ0v) is 89.3. The topological polar surface area (TPSA) is 239 Å². The fraction of sp³-hybridized carbons (Fsp3) is 0.384. The van der Waals surface area contributed by atoms with Gasteiger partial charge in [-0.05, 0) is 294 Å². The Morgan fingerprint density at radius 3 is 1.22 bits per heavy atom. The van der Waals surface area contributed by atoms with Gasteiger partial charge >= 0.3 is 0 Å². The predicted octanol–water partition coefficient (Wildman–Crippen LogP) is 28.1. The van der Waals surface area contributed by atoms with Crippen LogP contribution in [-0.4, -0.2) is 94.7 Å². The number of carbonyl (C=O) groups is 1. The molecule has 3 unspecified atom stereocenters. The van der Waals surface area contributed by atoms with Crippen LogP contribution in [0.15, 0.2) is 264 Å². The van der Waals surface area contributed by atoms with Gasteiger partial charge in [-0.2, -0.15) is 5.26 Å². The highest BCUT2D eigenvalue weighted by atomic mass is 35.5. The molecule has 0 bridgehead atoms. The van der Waals surface area contributed by atoms with Gasteiger partial charge in [0, 0.05) is 81.5 Å². The number of primary sulfonamides is 1. The average molecular weight is 1940 g/mol. The number of halogens is 2. The number of rotatable bonds is 22. The third-order valence-corrected chi connectivity index (χ3v) is 26.7. The third kappa shape index (κ3) is 47.0. The molecule has 10 aromatic carbocycles. The summed E-state index contributed by atoms with van der Waals surface area (Å²) in [6.07, 6.45) is 13.1. The first-order chi connectivity index (χ1) is 62.4. The van der Waals surface area contributed by atoms with Crippen LogP contribution >= 0.6 is 11.6 Å². The molecule has 0 saturated carbocycles. The molecular formula is C112H153ClFN7O8S5. The molecular weight excluding hydrogens is 1790 g/mol. The van der Waals surface area contributed by atoms with E-state index in [1.54, 1.807) is 69.0 Å². The van der Waals surface area contributed by atoms with Crippen LogP contribution in [-0.2, 0) is 61.0 Å². The molecule has 134 heavy (non-hydrogen) atoms. The molecule has 12 rings (SSSR count). The molecule has 1 saturated heterocycles. The Kier molecular flexibility index (Phi) is 50.9. The number of hydrogen-bond acceptors (Lipinski definition) is 12. The Bertz CT molecular complexity index is 6000. The predicted molar refractivity (Wildman–Crippen MR) is 578 cm³/mol. The maximum absolute atomic E-state index is 12.8. The van der Waals surface area contributed by atoms with Crippen molar-refractivity contribution in [2.75, 3.05) is 46.2 Å². The van der Waals surface area contributed by atoms with Crippen LogP contribution in [0.3, 0.4) is 0 Å². The lowest BCUT2D eigenvalue weighted by Crippen LogP contribution is -2.29. The number of benzene rings is 10. The summed E-state index contributed by atoms with van der Waals surface area (Å²) in [5.41, 5.74) is 19.4. The van der Waals surface area contributed by atoms with Gasteiger partial charge in [-0.25, -0.2) is 45.3 Å². The molecule has 0 radical (unpaired) electrons. The van der Waals surface area contributed by atoms with Crippen LogP contribution in [0.1, 0.15) is 306 Å². The van der Waals surface area contributed by atoms with Crippen molar-refractivity contribution in [2.45, 2.75) is 259 Å². The quantitative estimate of drug-likeness (QED) is 0.0424. The molecule has 0 amide bonds. The van der Waals surface area contributed by atoms with Gasteiger partial charge in [0.25, 0.3) is 10.0 Å². The Labute approximate surface area is 814 Å².